The minimum Gasteiger partial charge on any atom is -0.756 e. The van der Waals surface area contributed by atoms with E-state index in [0.29, 0.717) is 24.1 Å². The zero-order valence-electron chi connectivity index (χ0n) is 42.8. The highest BCUT2D eigenvalue weighted by molar-refractivity contribution is 7.45. The second-order valence-corrected chi connectivity index (χ2v) is 21.4. The summed E-state index contributed by atoms with van der Waals surface area (Å²) < 4.78 is 34.8. The van der Waals surface area contributed by atoms with Gasteiger partial charge in [0.05, 0.1) is 34.4 Å². The van der Waals surface area contributed by atoms with Crippen LogP contribution in [-0.2, 0) is 27.9 Å². The Morgan fingerprint density at radius 3 is 1.21 bits per heavy atom. The van der Waals surface area contributed by atoms with Gasteiger partial charge in [0.15, 0.2) is 0 Å². The fourth-order valence-electron chi connectivity index (χ4n) is 8.07. The second kappa shape index (κ2) is 47.7. The van der Waals surface area contributed by atoms with E-state index in [9.17, 15) is 14.3 Å². The predicted octanol–water partition coefficient (Wildman–Crippen LogP) is 16.3. The number of quaternary nitrogens is 1. The Morgan fingerprint density at radius 2 is 0.825 bits per heavy atom. The highest BCUT2D eigenvalue weighted by Gasteiger charge is 2.20. The summed E-state index contributed by atoms with van der Waals surface area (Å²) in [4.78, 5) is 25.2. The van der Waals surface area contributed by atoms with Crippen LogP contribution in [0.3, 0.4) is 0 Å². The molecule has 0 aliphatic heterocycles. The highest BCUT2D eigenvalue weighted by Crippen LogP contribution is 2.38. The number of hydrogen-bond donors (Lipinski definition) is 0. The summed E-state index contributed by atoms with van der Waals surface area (Å²) in [5, 5.41) is 0. The minimum atomic E-state index is -4.53. The van der Waals surface area contributed by atoms with Gasteiger partial charge in [-0.2, -0.15) is 0 Å². The third-order valence-corrected chi connectivity index (χ3v) is 13.3. The third kappa shape index (κ3) is 52.1. The maximum atomic E-state index is 12.8. The molecule has 0 aromatic carbocycles. The maximum Gasteiger partial charge on any atom is 0.306 e. The first-order valence-electron chi connectivity index (χ1n) is 27.4. The Morgan fingerprint density at radius 1 is 0.476 bits per heavy atom. The van der Waals surface area contributed by atoms with Gasteiger partial charge in [-0.3, -0.25) is 9.36 Å². The van der Waals surface area contributed by atoms with E-state index in [-0.39, 0.29) is 25.8 Å². The van der Waals surface area contributed by atoms with E-state index in [1.165, 1.54) is 218 Å². The number of carbonyl (C=O) groups excluding carboxylic acids is 1. The lowest BCUT2D eigenvalue weighted by molar-refractivity contribution is -0.870. The summed E-state index contributed by atoms with van der Waals surface area (Å²) in [5.41, 5.74) is 0. The van der Waals surface area contributed by atoms with Crippen LogP contribution in [0.25, 0.3) is 0 Å². The molecular formula is C54H108NO7P. The topological polar surface area (TPSA) is 94.1 Å². The number of phosphoric acid groups is 1. The number of hydrogen-bond acceptors (Lipinski definition) is 7. The molecule has 0 aliphatic carbocycles. The molecule has 0 saturated heterocycles. The Hall–Kier alpha value is -0.760. The van der Waals surface area contributed by atoms with Crippen molar-refractivity contribution in [1.82, 2.24) is 0 Å². The summed E-state index contributed by atoms with van der Waals surface area (Å²) >= 11 is 0. The molecule has 63 heavy (non-hydrogen) atoms. The molecule has 0 fully saturated rings. The largest absolute Gasteiger partial charge is 0.756 e. The number of rotatable bonds is 52. The molecule has 0 bridgehead atoms. The molecule has 9 heteroatoms. The summed E-state index contributed by atoms with van der Waals surface area (Å²) in [6.07, 6.45) is 55.3. The Labute approximate surface area is 392 Å². The summed E-state index contributed by atoms with van der Waals surface area (Å²) in [5.74, 6) is -0.329. The number of allylic oxidation sites excluding steroid dienone is 2. The number of phosphoric ester groups is 1. The van der Waals surface area contributed by atoms with E-state index in [4.69, 9.17) is 18.5 Å². The van der Waals surface area contributed by atoms with Crippen molar-refractivity contribution in [2.24, 2.45) is 0 Å². The third-order valence-electron chi connectivity index (χ3n) is 12.3. The van der Waals surface area contributed by atoms with Gasteiger partial charge in [-0.15, -0.1) is 0 Å². The Balaban J connectivity index is 4.07. The average molecular weight is 914 g/mol. The van der Waals surface area contributed by atoms with E-state index in [2.05, 4.69) is 26.0 Å². The fourth-order valence-corrected chi connectivity index (χ4v) is 8.80. The zero-order valence-corrected chi connectivity index (χ0v) is 43.7. The quantitative estimate of drug-likeness (QED) is 0.0197. The standard InChI is InChI=1S/C54H108NO7P/c1-6-8-10-12-14-16-18-20-22-24-26-28-29-31-33-35-37-39-41-43-45-47-54(56)62-53(52-61-63(57,58)60-50-48-55(3,4)5)51-59-49-46-44-42-40-38-36-34-32-30-27-25-23-21-19-17-15-13-11-9-7-2/h24,26,53H,6-23,25,27-52H2,1-5H3/b26-24-. The summed E-state index contributed by atoms with van der Waals surface area (Å²) in [7, 11) is 1.37. The van der Waals surface area contributed by atoms with Gasteiger partial charge in [-0.05, 0) is 38.5 Å². The summed E-state index contributed by atoms with van der Waals surface area (Å²) in [6, 6.07) is 0. The van der Waals surface area contributed by atoms with Crippen LogP contribution in [-0.4, -0.2) is 70.7 Å². The minimum absolute atomic E-state index is 0.0295. The molecule has 0 amide bonds. The van der Waals surface area contributed by atoms with Crippen LogP contribution >= 0.6 is 7.82 Å². The van der Waals surface area contributed by atoms with Crippen LogP contribution in [0, 0.1) is 0 Å². The number of likely N-dealkylation sites (N-methyl/N-ethyl adjacent to an activating group) is 1. The van der Waals surface area contributed by atoms with Gasteiger partial charge >= 0.3 is 5.97 Å². The van der Waals surface area contributed by atoms with Crippen molar-refractivity contribution < 1.29 is 37.3 Å². The molecule has 8 nitrogen and oxygen atoms in total. The molecule has 2 atom stereocenters. The van der Waals surface area contributed by atoms with Crippen molar-refractivity contribution in [3.05, 3.63) is 12.2 Å². The van der Waals surface area contributed by atoms with E-state index < -0.39 is 13.9 Å². The van der Waals surface area contributed by atoms with Gasteiger partial charge in [0, 0.05) is 13.0 Å². The molecule has 0 radical (unpaired) electrons. The van der Waals surface area contributed by atoms with Gasteiger partial charge < -0.3 is 27.9 Å². The molecular weight excluding hydrogens is 806 g/mol. The van der Waals surface area contributed by atoms with Crippen molar-refractivity contribution in [2.75, 3.05) is 54.1 Å². The fraction of sp³-hybridized carbons (Fsp3) is 0.944. The first-order chi connectivity index (χ1) is 30.6. The van der Waals surface area contributed by atoms with Crippen LogP contribution in [0.1, 0.15) is 271 Å². The Kier molecular flexibility index (Phi) is 47.1. The monoisotopic (exact) mass is 914 g/mol. The van der Waals surface area contributed by atoms with Crippen molar-refractivity contribution >= 4 is 13.8 Å². The molecule has 0 heterocycles. The smallest absolute Gasteiger partial charge is 0.306 e. The molecule has 0 aromatic rings. The van der Waals surface area contributed by atoms with Crippen molar-refractivity contribution in [3.63, 3.8) is 0 Å². The van der Waals surface area contributed by atoms with E-state index >= 15 is 0 Å². The number of carbonyl (C=O) groups is 1. The van der Waals surface area contributed by atoms with Crippen LogP contribution in [0.15, 0.2) is 12.2 Å². The van der Waals surface area contributed by atoms with Crippen LogP contribution < -0.4 is 4.89 Å². The molecule has 0 aliphatic rings. The first-order valence-corrected chi connectivity index (χ1v) is 28.9. The Bertz CT molecular complexity index is 1020. The molecule has 2 unspecified atom stereocenters. The molecule has 0 rings (SSSR count). The maximum absolute atomic E-state index is 12.8. The molecule has 376 valence electrons. The SMILES string of the molecule is CCCCCCCCCC/C=C\CCCCCCCCCCCC(=O)OC(COCCCCCCCCCCCCCCCCCCCCCC)COP(=O)([O-])OCC[N+](C)(C)C. The van der Waals surface area contributed by atoms with Crippen LogP contribution in [0.5, 0.6) is 0 Å². The first kappa shape index (κ1) is 62.2. The lowest BCUT2D eigenvalue weighted by Crippen LogP contribution is -2.37. The second-order valence-electron chi connectivity index (χ2n) is 20.0. The summed E-state index contributed by atoms with van der Waals surface area (Å²) in [6.45, 7) is 5.48. The van der Waals surface area contributed by atoms with E-state index in [0.717, 1.165) is 32.1 Å². The predicted molar refractivity (Wildman–Crippen MR) is 268 cm³/mol. The van der Waals surface area contributed by atoms with Gasteiger partial charge in [0.1, 0.15) is 19.3 Å². The van der Waals surface area contributed by atoms with E-state index in [1.807, 2.05) is 21.1 Å². The van der Waals surface area contributed by atoms with Gasteiger partial charge in [0.25, 0.3) is 7.82 Å². The van der Waals surface area contributed by atoms with Crippen LogP contribution in [0.4, 0.5) is 0 Å². The lowest BCUT2D eigenvalue weighted by Gasteiger charge is -2.28. The number of ether oxygens (including phenoxy) is 2. The molecule has 0 spiro atoms. The number of nitrogens with zero attached hydrogens (tertiary/aromatic N) is 1. The normalized spacial score (nSPS) is 13.6. The molecule has 0 saturated carbocycles. The lowest BCUT2D eigenvalue weighted by atomic mass is 10.0. The van der Waals surface area contributed by atoms with Gasteiger partial charge in [-0.25, -0.2) is 0 Å². The van der Waals surface area contributed by atoms with Crippen molar-refractivity contribution in [2.45, 2.75) is 277 Å². The van der Waals surface area contributed by atoms with Gasteiger partial charge in [0.2, 0.25) is 0 Å². The highest BCUT2D eigenvalue weighted by atomic mass is 31.2. The number of esters is 1. The van der Waals surface area contributed by atoms with Gasteiger partial charge in [-0.1, -0.05) is 238 Å². The van der Waals surface area contributed by atoms with Crippen molar-refractivity contribution in [3.8, 4) is 0 Å². The average Bonchev–Trinajstić information content (AvgIpc) is 3.24. The van der Waals surface area contributed by atoms with Crippen molar-refractivity contribution in [1.29, 1.82) is 0 Å². The van der Waals surface area contributed by atoms with Crippen LogP contribution in [0.2, 0.25) is 0 Å². The molecule has 0 aromatic heterocycles. The zero-order chi connectivity index (χ0) is 46.2. The molecule has 0 N–H and O–H groups in total. The number of unbranched alkanes of at least 4 members (excludes halogenated alkanes) is 36. The van der Waals surface area contributed by atoms with E-state index in [1.54, 1.807) is 0 Å².